The quantitative estimate of drug-likeness (QED) is 0.702. The zero-order chi connectivity index (χ0) is 17.8. The fourth-order valence-electron chi connectivity index (χ4n) is 2.97. The third-order valence-electron chi connectivity index (χ3n) is 5.18. The van der Waals surface area contributed by atoms with Crippen LogP contribution in [0.25, 0.3) is 0 Å². The van der Waals surface area contributed by atoms with Crippen LogP contribution in [-0.2, 0) is 14.1 Å². The first kappa shape index (κ1) is 19.2. The first-order chi connectivity index (χ1) is 11.2. The summed E-state index contributed by atoms with van der Waals surface area (Å²) in [4.78, 5) is 11.8. The van der Waals surface area contributed by atoms with Gasteiger partial charge in [-0.1, -0.05) is 23.8 Å². The second-order valence-electron chi connectivity index (χ2n) is 7.65. The van der Waals surface area contributed by atoms with Crippen LogP contribution in [0.2, 0.25) is 0 Å². The minimum atomic E-state index is -0.443. The molecule has 24 heavy (non-hydrogen) atoms. The van der Waals surface area contributed by atoms with Crippen LogP contribution in [-0.4, -0.2) is 36.7 Å². The van der Waals surface area contributed by atoms with Gasteiger partial charge < -0.3 is 20.4 Å². The molecule has 2 rings (SSSR count). The maximum absolute atomic E-state index is 11.8. The van der Waals surface area contributed by atoms with Crippen molar-refractivity contribution in [1.82, 2.24) is 5.32 Å². The lowest BCUT2D eigenvalue weighted by atomic mass is 9.75. The van der Waals surface area contributed by atoms with Gasteiger partial charge in [0.15, 0.2) is 0 Å². The SMILES string of the molecule is CC1(C)OB(C(CCCC2=CCCC=C2)NC(=O)CN)OC1(C)C. The first-order valence-corrected chi connectivity index (χ1v) is 8.96. The van der Waals surface area contributed by atoms with E-state index in [1.165, 1.54) is 5.57 Å². The topological polar surface area (TPSA) is 73.6 Å². The minimum Gasteiger partial charge on any atom is -0.402 e. The minimum absolute atomic E-state index is 0.0239. The Balaban J connectivity index is 1.96. The van der Waals surface area contributed by atoms with Crippen molar-refractivity contribution in [2.45, 2.75) is 76.9 Å². The molecule has 6 heteroatoms. The molecule has 0 bridgehead atoms. The number of amides is 1. The van der Waals surface area contributed by atoms with Crippen LogP contribution >= 0.6 is 0 Å². The molecule has 134 valence electrons. The van der Waals surface area contributed by atoms with Gasteiger partial charge in [-0.25, -0.2) is 0 Å². The van der Waals surface area contributed by atoms with Gasteiger partial charge in [-0.15, -0.1) is 0 Å². The zero-order valence-corrected chi connectivity index (χ0v) is 15.4. The van der Waals surface area contributed by atoms with Crippen LogP contribution in [0.1, 0.15) is 59.8 Å². The van der Waals surface area contributed by atoms with Gasteiger partial charge in [0.2, 0.25) is 5.91 Å². The second kappa shape index (κ2) is 7.85. The van der Waals surface area contributed by atoms with Crippen molar-refractivity contribution in [3.63, 3.8) is 0 Å². The van der Waals surface area contributed by atoms with Gasteiger partial charge in [-0.3, -0.25) is 4.79 Å². The van der Waals surface area contributed by atoms with Gasteiger partial charge in [0.1, 0.15) is 0 Å². The third kappa shape index (κ3) is 4.71. The van der Waals surface area contributed by atoms with E-state index in [-0.39, 0.29) is 18.4 Å². The lowest BCUT2D eigenvalue weighted by Crippen LogP contribution is -2.49. The Morgan fingerprint density at radius 2 is 1.96 bits per heavy atom. The van der Waals surface area contributed by atoms with E-state index in [4.69, 9.17) is 15.0 Å². The predicted octanol–water partition coefficient (Wildman–Crippen LogP) is 2.51. The molecule has 0 saturated carbocycles. The monoisotopic (exact) mass is 334 g/mol. The highest BCUT2D eigenvalue weighted by molar-refractivity contribution is 6.48. The summed E-state index contributed by atoms with van der Waals surface area (Å²) in [7, 11) is -0.443. The Kier molecular flexibility index (Phi) is 6.29. The molecule has 1 atom stereocenters. The van der Waals surface area contributed by atoms with Gasteiger partial charge >= 0.3 is 7.12 Å². The van der Waals surface area contributed by atoms with Crippen LogP contribution in [0.4, 0.5) is 0 Å². The second-order valence-corrected chi connectivity index (χ2v) is 7.65. The summed E-state index contributed by atoms with van der Waals surface area (Å²) in [5, 5.41) is 2.97. The molecule has 3 N–H and O–H groups in total. The molecule has 1 saturated heterocycles. The Labute approximate surface area is 146 Å². The number of hydrogen-bond acceptors (Lipinski definition) is 4. The third-order valence-corrected chi connectivity index (χ3v) is 5.18. The molecule has 0 aromatic carbocycles. The van der Waals surface area contributed by atoms with Gasteiger partial charge in [-0.05, 0) is 59.8 Å². The lowest BCUT2D eigenvalue weighted by Gasteiger charge is -2.32. The van der Waals surface area contributed by atoms with Crippen LogP contribution in [0, 0.1) is 0 Å². The summed E-state index contributed by atoms with van der Waals surface area (Å²) in [6.45, 7) is 8.06. The summed E-state index contributed by atoms with van der Waals surface area (Å²) in [6.07, 6.45) is 11.7. The average Bonchev–Trinajstić information content (AvgIpc) is 2.75. The highest BCUT2D eigenvalue weighted by Crippen LogP contribution is 2.38. The van der Waals surface area contributed by atoms with Gasteiger partial charge in [-0.2, -0.15) is 0 Å². The lowest BCUT2D eigenvalue weighted by molar-refractivity contribution is -0.120. The van der Waals surface area contributed by atoms with Crippen LogP contribution in [0.3, 0.4) is 0 Å². The number of hydrogen-bond donors (Lipinski definition) is 2. The maximum Gasteiger partial charge on any atom is 0.481 e. The molecule has 0 aromatic rings. The van der Waals surface area contributed by atoms with Crippen LogP contribution in [0.15, 0.2) is 23.8 Å². The van der Waals surface area contributed by atoms with Crippen LogP contribution in [0.5, 0.6) is 0 Å². The fraction of sp³-hybridized carbons (Fsp3) is 0.722. The predicted molar refractivity (Wildman–Crippen MR) is 97.4 cm³/mol. The molecular weight excluding hydrogens is 303 g/mol. The van der Waals surface area contributed by atoms with E-state index in [9.17, 15) is 4.79 Å². The Hall–Kier alpha value is -1.11. The van der Waals surface area contributed by atoms with Crippen molar-refractivity contribution in [3.05, 3.63) is 23.8 Å². The molecule has 1 aliphatic heterocycles. The van der Waals surface area contributed by atoms with E-state index in [1.54, 1.807) is 0 Å². The molecule has 1 aliphatic carbocycles. The normalized spacial score (nSPS) is 23.0. The van der Waals surface area contributed by atoms with Gasteiger partial charge in [0.25, 0.3) is 0 Å². The van der Waals surface area contributed by atoms with E-state index in [0.29, 0.717) is 0 Å². The van der Waals surface area contributed by atoms with E-state index in [2.05, 4.69) is 23.5 Å². The number of rotatable bonds is 7. The smallest absolute Gasteiger partial charge is 0.402 e. The highest BCUT2D eigenvalue weighted by atomic mass is 16.7. The molecule has 0 spiro atoms. The molecule has 0 radical (unpaired) electrons. The molecule has 1 amide bonds. The van der Waals surface area contributed by atoms with E-state index in [1.807, 2.05) is 27.7 Å². The fourth-order valence-corrected chi connectivity index (χ4v) is 2.97. The van der Waals surface area contributed by atoms with E-state index in [0.717, 1.165) is 32.1 Å². The summed E-state index contributed by atoms with van der Waals surface area (Å²) >= 11 is 0. The van der Waals surface area contributed by atoms with Crippen molar-refractivity contribution < 1.29 is 14.1 Å². The molecule has 0 aromatic heterocycles. The molecular formula is C18H31BN2O3. The zero-order valence-electron chi connectivity index (χ0n) is 15.4. The Morgan fingerprint density at radius 1 is 1.29 bits per heavy atom. The van der Waals surface area contributed by atoms with Gasteiger partial charge in [0, 0.05) is 0 Å². The molecule has 2 aliphatic rings. The Morgan fingerprint density at radius 3 is 2.50 bits per heavy atom. The molecule has 1 unspecified atom stereocenters. The summed E-state index contributed by atoms with van der Waals surface area (Å²) in [5.41, 5.74) is 6.02. The average molecular weight is 334 g/mol. The number of allylic oxidation sites excluding steroid dienone is 4. The van der Waals surface area contributed by atoms with Crippen molar-refractivity contribution in [1.29, 1.82) is 0 Å². The van der Waals surface area contributed by atoms with Crippen molar-refractivity contribution >= 4 is 13.0 Å². The van der Waals surface area contributed by atoms with Crippen molar-refractivity contribution in [2.24, 2.45) is 5.73 Å². The molecule has 1 fully saturated rings. The maximum atomic E-state index is 11.8. The highest BCUT2D eigenvalue weighted by Gasteiger charge is 2.53. The first-order valence-electron chi connectivity index (χ1n) is 8.96. The number of nitrogens with two attached hydrogens (primary N) is 1. The van der Waals surface area contributed by atoms with E-state index >= 15 is 0 Å². The summed E-state index contributed by atoms with van der Waals surface area (Å²) < 4.78 is 12.2. The van der Waals surface area contributed by atoms with E-state index < -0.39 is 18.3 Å². The molecule has 1 heterocycles. The van der Waals surface area contributed by atoms with Crippen molar-refractivity contribution in [2.75, 3.05) is 6.54 Å². The summed E-state index contributed by atoms with van der Waals surface area (Å²) in [5.74, 6) is -0.359. The standard InChI is InChI=1S/C18H31BN2O3/c1-17(2)18(3,4)24-19(23-17)15(21-16(22)13-20)12-8-11-14-9-6-5-7-10-14/h6,9-10,15H,5,7-8,11-13,20H2,1-4H3,(H,21,22). The number of carbonyl (C=O) groups is 1. The number of carbonyl (C=O) groups excluding carboxylic acids is 1. The largest absolute Gasteiger partial charge is 0.481 e. The Bertz CT molecular complexity index is 498. The van der Waals surface area contributed by atoms with Crippen molar-refractivity contribution in [3.8, 4) is 0 Å². The van der Waals surface area contributed by atoms with Gasteiger partial charge in [0.05, 0.1) is 23.7 Å². The number of nitrogens with one attached hydrogen (secondary N) is 1. The molecule has 5 nitrogen and oxygen atoms in total. The van der Waals surface area contributed by atoms with Crippen LogP contribution < -0.4 is 11.1 Å². The summed E-state index contributed by atoms with van der Waals surface area (Å²) in [6, 6.07) is 0.